The Morgan fingerprint density at radius 1 is 1.35 bits per heavy atom. The van der Waals surface area contributed by atoms with Gasteiger partial charge < -0.3 is 14.4 Å². The van der Waals surface area contributed by atoms with Gasteiger partial charge in [-0.05, 0) is 50.6 Å². The normalized spacial score (nSPS) is 20.4. The Hall–Kier alpha value is -1.92. The summed E-state index contributed by atoms with van der Waals surface area (Å²) in [7, 11) is 1.64. The average molecular weight is 317 g/mol. The van der Waals surface area contributed by atoms with E-state index in [1.165, 1.54) is 0 Å². The van der Waals surface area contributed by atoms with E-state index in [2.05, 4.69) is 15.0 Å². The lowest BCUT2D eigenvalue weighted by atomic mass is 9.98. The number of hydrogen-bond acceptors (Lipinski definition) is 6. The van der Waals surface area contributed by atoms with Gasteiger partial charge in [0.25, 0.3) is 5.89 Å². The van der Waals surface area contributed by atoms with Crippen molar-refractivity contribution in [1.29, 1.82) is 0 Å². The smallest absolute Gasteiger partial charge is 0.257 e. The third-order valence-electron chi connectivity index (χ3n) is 4.37. The van der Waals surface area contributed by atoms with Gasteiger partial charge in [0, 0.05) is 11.6 Å². The molecule has 0 spiro atoms. The fourth-order valence-electron chi connectivity index (χ4n) is 3.11. The van der Waals surface area contributed by atoms with Gasteiger partial charge in [-0.25, -0.2) is 0 Å². The van der Waals surface area contributed by atoms with Crippen LogP contribution < -0.4 is 4.74 Å². The van der Waals surface area contributed by atoms with Crippen LogP contribution in [0.5, 0.6) is 5.75 Å². The highest BCUT2D eigenvalue weighted by molar-refractivity contribution is 5.54. The second kappa shape index (κ2) is 7.10. The zero-order valence-corrected chi connectivity index (χ0v) is 13.6. The molecule has 3 rings (SSSR count). The summed E-state index contributed by atoms with van der Waals surface area (Å²) < 4.78 is 10.5. The number of benzene rings is 1. The summed E-state index contributed by atoms with van der Waals surface area (Å²) in [5.74, 6) is 1.96. The summed E-state index contributed by atoms with van der Waals surface area (Å²) in [6.07, 6.45) is 2.98. The molecule has 0 saturated carbocycles. The molecular weight excluding hydrogens is 294 g/mol. The fraction of sp³-hybridized carbons (Fsp3) is 0.529. The molecule has 1 aromatic carbocycles. The molecule has 1 fully saturated rings. The molecule has 2 atom stereocenters. The number of aromatic nitrogens is 2. The molecule has 2 heterocycles. The maximum Gasteiger partial charge on any atom is 0.257 e. The van der Waals surface area contributed by atoms with Crippen LogP contribution in [0.1, 0.15) is 32.0 Å². The molecule has 2 unspecified atom stereocenters. The van der Waals surface area contributed by atoms with E-state index < -0.39 is 0 Å². The van der Waals surface area contributed by atoms with Gasteiger partial charge in [0.2, 0.25) is 0 Å². The Morgan fingerprint density at radius 3 is 2.83 bits per heavy atom. The average Bonchev–Trinajstić information content (AvgIpc) is 3.04. The molecule has 23 heavy (non-hydrogen) atoms. The lowest BCUT2D eigenvalue weighted by Crippen LogP contribution is -2.45. The van der Waals surface area contributed by atoms with Crippen LogP contribution in [0, 0.1) is 0 Å². The van der Waals surface area contributed by atoms with Crippen LogP contribution in [0.25, 0.3) is 11.5 Å². The van der Waals surface area contributed by atoms with Crippen molar-refractivity contribution in [1.82, 2.24) is 15.0 Å². The maximum absolute atomic E-state index is 9.94. The van der Waals surface area contributed by atoms with E-state index >= 15 is 0 Å². The van der Waals surface area contributed by atoms with E-state index in [4.69, 9.17) is 9.26 Å². The molecule has 1 N–H and O–H groups in total. The Kier molecular flexibility index (Phi) is 4.93. The summed E-state index contributed by atoms with van der Waals surface area (Å²) in [4.78, 5) is 6.73. The van der Waals surface area contributed by atoms with Gasteiger partial charge in [-0.15, -0.1) is 0 Å². The molecule has 0 aliphatic carbocycles. The van der Waals surface area contributed by atoms with E-state index in [0.717, 1.165) is 37.1 Å². The minimum Gasteiger partial charge on any atom is -0.497 e. The lowest BCUT2D eigenvalue weighted by molar-refractivity contribution is 0.0298. The predicted octanol–water partition coefficient (Wildman–Crippen LogP) is 2.48. The minimum absolute atomic E-state index is 0.173. The number of hydrogen-bond donors (Lipinski definition) is 1. The Morgan fingerprint density at radius 2 is 2.13 bits per heavy atom. The van der Waals surface area contributed by atoms with E-state index in [-0.39, 0.29) is 12.1 Å². The number of nitrogens with zero attached hydrogens (tertiary/aromatic N) is 3. The number of rotatable bonds is 5. The van der Waals surface area contributed by atoms with Crippen LogP contribution in [-0.4, -0.2) is 45.9 Å². The number of methoxy groups -OCH3 is 1. The van der Waals surface area contributed by atoms with Gasteiger partial charge in [0.15, 0.2) is 5.82 Å². The van der Waals surface area contributed by atoms with E-state index in [1.807, 2.05) is 31.2 Å². The van der Waals surface area contributed by atoms with E-state index in [0.29, 0.717) is 18.3 Å². The van der Waals surface area contributed by atoms with Crippen molar-refractivity contribution in [3.63, 3.8) is 0 Å². The summed E-state index contributed by atoms with van der Waals surface area (Å²) in [5.41, 5.74) is 0.871. The quantitative estimate of drug-likeness (QED) is 0.913. The van der Waals surface area contributed by atoms with Crippen molar-refractivity contribution < 1.29 is 14.4 Å². The third kappa shape index (κ3) is 3.71. The van der Waals surface area contributed by atoms with Crippen LogP contribution in [0.15, 0.2) is 28.8 Å². The van der Waals surface area contributed by atoms with Crippen molar-refractivity contribution in [2.24, 2.45) is 0 Å². The van der Waals surface area contributed by atoms with Crippen LogP contribution in [0.3, 0.4) is 0 Å². The number of aliphatic hydroxyl groups is 1. The van der Waals surface area contributed by atoms with Crippen LogP contribution >= 0.6 is 0 Å². The van der Waals surface area contributed by atoms with Crippen molar-refractivity contribution in [3.05, 3.63) is 30.1 Å². The van der Waals surface area contributed by atoms with Crippen LogP contribution in [-0.2, 0) is 6.54 Å². The number of aliphatic hydroxyl groups excluding tert-OH is 1. The zero-order valence-electron chi connectivity index (χ0n) is 13.6. The molecule has 0 radical (unpaired) electrons. The molecule has 1 aliphatic rings. The molecule has 0 bridgehead atoms. The van der Waals surface area contributed by atoms with Gasteiger partial charge in [-0.2, -0.15) is 4.98 Å². The Labute approximate surface area is 136 Å². The van der Waals surface area contributed by atoms with Gasteiger partial charge in [-0.1, -0.05) is 11.6 Å². The molecule has 6 nitrogen and oxygen atoms in total. The van der Waals surface area contributed by atoms with Crippen molar-refractivity contribution in [2.45, 2.75) is 44.9 Å². The first-order valence-electron chi connectivity index (χ1n) is 8.06. The van der Waals surface area contributed by atoms with Crippen molar-refractivity contribution >= 4 is 0 Å². The standard InChI is InChI=1S/C17H23N3O3/c1-12(21)15-5-3-4-10-20(15)11-16-18-17(23-19-16)13-6-8-14(22-2)9-7-13/h6-9,12,15,21H,3-5,10-11H2,1-2H3. The summed E-state index contributed by atoms with van der Waals surface area (Å²) >= 11 is 0. The Balaban J connectivity index is 1.71. The topological polar surface area (TPSA) is 71.6 Å². The fourth-order valence-corrected chi connectivity index (χ4v) is 3.11. The van der Waals surface area contributed by atoms with Crippen molar-refractivity contribution in [2.75, 3.05) is 13.7 Å². The highest BCUT2D eigenvalue weighted by atomic mass is 16.5. The van der Waals surface area contributed by atoms with Gasteiger partial charge in [-0.3, -0.25) is 4.90 Å². The van der Waals surface area contributed by atoms with E-state index in [1.54, 1.807) is 7.11 Å². The first-order valence-corrected chi connectivity index (χ1v) is 8.06. The molecule has 1 aliphatic heterocycles. The van der Waals surface area contributed by atoms with E-state index in [9.17, 15) is 5.11 Å². The summed E-state index contributed by atoms with van der Waals surface area (Å²) in [6.45, 7) is 3.42. The SMILES string of the molecule is COc1ccc(-c2nc(CN3CCCCC3C(C)O)no2)cc1. The molecule has 6 heteroatoms. The molecule has 1 aromatic heterocycles. The van der Waals surface area contributed by atoms with Gasteiger partial charge >= 0.3 is 0 Å². The predicted molar refractivity (Wildman–Crippen MR) is 86.0 cm³/mol. The highest BCUT2D eigenvalue weighted by Crippen LogP contribution is 2.24. The monoisotopic (exact) mass is 317 g/mol. The number of piperidine rings is 1. The lowest BCUT2D eigenvalue weighted by Gasteiger charge is -2.36. The van der Waals surface area contributed by atoms with Crippen molar-refractivity contribution in [3.8, 4) is 17.2 Å². The second-order valence-electron chi connectivity index (χ2n) is 6.02. The molecule has 1 saturated heterocycles. The zero-order chi connectivity index (χ0) is 16.2. The third-order valence-corrected chi connectivity index (χ3v) is 4.37. The number of ether oxygens (including phenoxy) is 1. The Bertz CT molecular complexity index is 624. The minimum atomic E-state index is -0.344. The molecule has 2 aromatic rings. The van der Waals surface area contributed by atoms with Crippen LogP contribution in [0.4, 0.5) is 0 Å². The molecule has 0 amide bonds. The number of likely N-dealkylation sites (tertiary alicyclic amines) is 1. The van der Waals surface area contributed by atoms with Gasteiger partial charge in [0.1, 0.15) is 5.75 Å². The molecular formula is C17H23N3O3. The maximum atomic E-state index is 9.94. The van der Waals surface area contributed by atoms with Gasteiger partial charge in [0.05, 0.1) is 19.8 Å². The van der Waals surface area contributed by atoms with Crippen LogP contribution in [0.2, 0.25) is 0 Å². The largest absolute Gasteiger partial charge is 0.497 e. The molecule has 124 valence electrons. The summed E-state index contributed by atoms with van der Waals surface area (Å²) in [5, 5.41) is 14.0. The first kappa shape index (κ1) is 16.0. The summed E-state index contributed by atoms with van der Waals surface area (Å²) in [6, 6.07) is 7.71. The second-order valence-corrected chi connectivity index (χ2v) is 6.02. The first-order chi connectivity index (χ1) is 11.2. The highest BCUT2D eigenvalue weighted by Gasteiger charge is 2.27.